The summed E-state index contributed by atoms with van der Waals surface area (Å²) in [6, 6.07) is 14.4. The molecule has 4 rings (SSSR count). The third-order valence-corrected chi connectivity index (χ3v) is 3.73. The van der Waals surface area contributed by atoms with Gasteiger partial charge in [-0.1, -0.05) is 0 Å². The van der Waals surface area contributed by atoms with Crippen LogP contribution in [0.3, 0.4) is 0 Å². The highest BCUT2D eigenvalue weighted by Gasteiger charge is 2.06. The van der Waals surface area contributed by atoms with Crippen LogP contribution in [0.1, 0.15) is 10.4 Å². The molecule has 0 unspecified atom stereocenters. The van der Waals surface area contributed by atoms with Crippen molar-refractivity contribution in [3.63, 3.8) is 0 Å². The van der Waals surface area contributed by atoms with Gasteiger partial charge in [0.1, 0.15) is 12.1 Å². The molecule has 132 valence electrons. The van der Waals surface area contributed by atoms with Crippen LogP contribution in [-0.4, -0.2) is 30.6 Å². The summed E-state index contributed by atoms with van der Waals surface area (Å²) in [4.78, 5) is 24.5. The van der Waals surface area contributed by atoms with Crippen molar-refractivity contribution >= 4 is 23.1 Å². The first-order valence-corrected chi connectivity index (χ1v) is 8.18. The van der Waals surface area contributed by atoms with Gasteiger partial charge in [0.05, 0.1) is 5.56 Å². The van der Waals surface area contributed by atoms with Gasteiger partial charge in [0, 0.05) is 42.2 Å². The van der Waals surface area contributed by atoms with Crippen molar-refractivity contribution in [2.75, 3.05) is 10.6 Å². The van der Waals surface area contributed by atoms with E-state index in [0.29, 0.717) is 22.9 Å². The first-order chi connectivity index (χ1) is 13.3. The van der Waals surface area contributed by atoms with Gasteiger partial charge >= 0.3 is 0 Å². The minimum Gasteiger partial charge on any atom is -0.340 e. The third-order valence-electron chi connectivity index (χ3n) is 3.73. The van der Waals surface area contributed by atoms with Crippen molar-refractivity contribution in [3.8, 4) is 5.82 Å². The molecule has 0 bridgehead atoms. The van der Waals surface area contributed by atoms with Crippen molar-refractivity contribution in [2.45, 2.75) is 0 Å². The molecular weight excluding hydrogens is 342 g/mol. The zero-order chi connectivity index (χ0) is 18.5. The second-order valence-corrected chi connectivity index (χ2v) is 5.61. The number of pyridine rings is 1. The van der Waals surface area contributed by atoms with E-state index in [0.717, 1.165) is 5.69 Å². The van der Waals surface area contributed by atoms with Crippen molar-refractivity contribution in [1.82, 2.24) is 24.7 Å². The predicted molar refractivity (Wildman–Crippen MR) is 101 cm³/mol. The van der Waals surface area contributed by atoms with Gasteiger partial charge in [-0.15, -0.1) is 0 Å². The molecule has 3 aromatic heterocycles. The van der Waals surface area contributed by atoms with Crippen LogP contribution in [-0.2, 0) is 0 Å². The standard InChI is InChI=1S/C19H15N7O/c27-19(14-3-1-8-20-12-14)25-16-6-4-15(5-7-16)24-17-11-18(22-13-21-17)26-10-2-9-23-26/h1-13H,(H,25,27)(H,21,22,24). The lowest BCUT2D eigenvalue weighted by molar-refractivity contribution is 0.102. The fourth-order valence-electron chi connectivity index (χ4n) is 2.43. The lowest BCUT2D eigenvalue weighted by Crippen LogP contribution is -2.11. The number of hydrogen-bond donors (Lipinski definition) is 2. The summed E-state index contributed by atoms with van der Waals surface area (Å²) in [7, 11) is 0. The van der Waals surface area contributed by atoms with Gasteiger partial charge in [-0.25, -0.2) is 14.6 Å². The lowest BCUT2D eigenvalue weighted by Gasteiger charge is -2.09. The minimum absolute atomic E-state index is 0.205. The molecule has 8 heteroatoms. The van der Waals surface area contributed by atoms with Crippen LogP contribution >= 0.6 is 0 Å². The smallest absolute Gasteiger partial charge is 0.257 e. The van der Waals surface area contributed by atoms with Crippen LogP contribution in [0.15, 0.2) is 79.6 Å². The van der Waals surface area contributed by atoms with Gasteiger partial charge in [0.15, 0.2) is 5.82 Å². The molecule has 2 N–H and O–H groups in total. The Balaban J connectivity index is 1.44. The van der Waals surface area contributed by atoms with E-state index < -0.39 is 0 Å². The van der Waals surface area contributed by atoms with Crippen LogP contribution < -0.4 is 10.6 Å². The zero-order valence-electron chi connectivity index (χ0n) is 14.1. The fourth-order valence-corrected chi connectivity index (χ4v) is 2.43. The van der Waals surface area contributed by atoms with Crippen LogP contribution in [0.2, 0.25) is 0 Å². The third kappa shape index (κ3) is 3.96. The Morgan fingerprint density at radius 2 is 1.81 bits per heavy atom. The lowest BCUT2D eigenvalue weighted by atomic mass is 10.2. The van der Waals surface area contributed by atoms with Gasteiger partial charge in [-0.3, -0.25) is 9.78 Å². The molecular formula is C19H15N7O. The fraction of sp³-hybridized carbons (Fsp3) is 0. The Hall–Kier alpha value is -4.07. The Bertz CT molecular complexity index is 1030. The van der Waals surface area contributed by atoms with Gasteiger partial charge in [0.2, 0.25) is 0 Å². The molecule has 4 aromatic rings. The quantitative estimate of drug-likeness (QED) is 0.570. The van der Waals surface area contributed by atoms with Crippen LogP contribution in [0.25, 0.3) is 5.82 Å². The van der Waals surface area contributed by atoms with Crippen molar-refractivity contribution in [1.29, 1.82) is 0 Å². The molecule has 3 heterocycles. The number of rotatable bonds is 5. The Kier molecular flexibility index (Phi) is 4.52. The van der Waals surface area contributed by atoms with Crippen LogP contribution in [0.5, 0.6) is 0 Å². The average Bonchev–Trinajstić information content (AvgIpc) is 3.25. The number of amides is 1. The van der Waals surface area contributed by atoms with E-state index in [4.69, 9.17) is 0 Å². The summed E-state index contributed by atoms with van der Waals surface area (Å²) in [6.07, 6.45) is 8.13. The summed E-state index contributed by atoms with van der Waals surface area (Å²) < 4.78 is 1.66. The van der Waals surface area contributed by atoms with Gasteiger partial charge in [-0.2, -0.15) is 5.10 Å². The maximum atomic E-state index is 12.1. The molecule has 27 heavy (non-hydrogen) atoms. The average molecular weight is 357 g/mol. The molecule has 1 amide bonds. The zero-order valence-corrected chi connectivity index (χ0v) is 14.1. The van der Waals surface area contributed by atoms with E-state index in [1.165, 1.54) is 12.5 Å². The molecule has 1 aromatic carbocycles. The number of nitrogens with one attached hydrogen (secondary N) is 2. The topological polar surface area (TPSA) is 97.6 Å². The molecule has 0 saturated heterocycles. The number of benzene rings is 1. The van der Waals surface area contributed by atoms with E-state index in [-0.39, 0.29) is 5.91 Å². The molecule has 0 aliphatic rings. The predicted octanol–water partition coefficient (Wildman–Crippen LogP) is 3.05. The highest BCUT2D eigenvalue weighted by atomic mass is 16.1. The normalized spacial score (nSPS) is 10.4. The molecule has 0 saturated carbocycles. The maximum absolute atomic E-state index is 12.1. The molecule has 8 nitrogen and oxygen atoms in total. The highest BCUT2D eigenvalue weighted by Crippen LogP contribution is 2.19. The number of carbonyl (C=O) groups is 1. The largest absolute Gasteiger partial charge is 0.340 e. The molecule has 0 spiro atoms. The summed E-state index contributed by atoms with van der Waals surface area (Å²) >= 11 is 0. The van der Waals surface area contributed by atoms with E-state index in [2.05, 4.69) is 30.7 Å². The monoisotopic (exact) mass is 357 g/mol. The van der Waals surface area contributed by atoms with Crippen molar-refractivity contribution < 1.29 is 4.79 Å². The molecule has 0 radical (unpaired) electrons. The minimum atomic E-state index is -0.205. The molecule has 0 atom stereocenters. The SMILES string of the molecule is O=C(Nc1ccc(Nc2cc(-n3cccn3)ncn2)cc1)c1cccnc1. The summed E-state index contributed by atoms with van der Waals surface area (Å²) in [5, 5.41) is 10.2. The van der Waals surface area contributed by atoms with Crippen LogP contribution in [0, 0.1) is 0 Å². The second-order valence-electron chi connectivity index (χ2n) is 5.61. The van der Waals surface area contributed by atoms with Gasteiger partial charge in [-0.05, 0) is 42.5 Å². The van der Waals surface area contributed by atoms with Crippen molar-refractivity contribution in [3.05, 3.63) is 85.2 Å². The number of nitrogens with zero attached hydrogens (tertiary/aromatic N) is 5. The molecule has 0 fully saturated rings. The Morgan fingerprint density at radius 1 is 0.963 bits per heavy atom. The second kappa shape index (κ2) is 7.44. The van der Waals surface area contributed by atoms with E-state index in [1.54, 1.807) is 35.3 Å². The number of carbonyl (C=O) groups excluding carboxylic acids is 1. The van der Waals surface area contributed by atoms with Crippen molar-refractivity contribution in [2.24, 2.45) is 0 Å². The summed E-state index contributed by atoms with van der Waals surface area (Å²) in [5.74, 6) is 1.10. The Labute approximate surface area is 154 Å². The van der Waals surface area contributed by atoms with E-state index in [9.17, 15) is 4.79 Å². The number of anilines is 3. The maximum Gasteiger partial charge on any atom is 0.257 e. The Morgan fingerprint density at radius 3 is 2.56 bits per heavy atom. The van der Waals surface area contributed by atoms with Crippen LogP contribution in [0.4, 0.5) is 17.2 Å². The summed E-state index contributed by atoms with van der Waals surface area (Å²) in [5.41, 5.74) is 2.03. The highest BCUT2D eigenvalue weighted by molar-refractivity contribution is 6.04. The number of aromatic nitrogens is 5. The van der Waals surface area contributed by atoms with Gasteiger partial charge in [0.25, 0.3) is 5.91 Å². The van der Waals surface area contributed by atoms with E-state index >= 15 is 0 Å². The van der Waals surface area contributed by atoms with E-state index in [1.807, 2.05) is 36.5 Å². The first-order valence-electron chi connectivity index (χ1n) is 8.18. The molecule has 0 aliphatic carbocycles. The molecule has 0 aliphatic heterocycles. The van der Waals surface area contributed by atoms with Gasteiger partial charge < -0.3 is 10.6 Å². The number of hydrogen-bond acceptors (Lipinski definition) is 6. The summed E-state index contributed by atoms with van der Waals surface area (Å²) in [6.45, 7) is 0. The first kappa shape index (κ1) is 16.4.